The number of hydrogen-bond acceptors (Lipinski definition) is 2. The summed E-state index contributed by atoms with van der Waals surface area (Å²) in [6.07, 6.45) is 0. The van der Waals surface area contributed by atoms with Gasteiger partial charge >= 0.3 is 0 Å². The Kier molecular flexibility index (Phi) is 3.35. The maximum absolute atomic E-state index is 13.1. The Balaban J connectivity index is 3.17. The zero-order valence-electron chi connectivity index (χ0n) is 9.67. The molecule has 1 unspecified atom stereocenters. The maximum atomic E-state index is 13.1. The first-order valence-corrected chi connectivity index (χ1v) is 4.98. The molecule has 0 aromatic heterocycles. The zero-order valence-corrected chi connectivity index (χ0v) is 9.67. The van der Waals surface area contributed by atoms with Crippen LogP contribution in [0.1, 0.15) is 32.3 Å². The molecular formula is C12H18FNO. The minimum absolute atomic E-state index is 0.0307. The van der Waals surface area contributed by atoms with Gasteiger partial charge in [0.05, 0.1) is 7.11 Å². The average molecular weight is 211 g/mol. The molecular weight excluding hydrogens is 193 g/mol. The molecule has 0 amide bonds. The van der Waals surface area contributed by atoms with Gasteiger partial charge < -0.3 is 10.5 Å². The van der Waals surface area contributed by atoms with Crippen LogP contribution in [-0.4, -0.2) is 12.6 Å². The molecule has 3 heteroatoms. The van der Waals surface area contributed by atoms with Gasteiger partial charge in [-0.15, -0.1) is 0 Å². The van der Waals surface area contributed by atoms with Crippen LogP contribution < -0.4 is 10.5 Å². The second-order valence-electron chi connectivity index (χ2n) is 4.43. The van der Waals surface area contributed by atoms with E-state index in [0.29, 0.717) is 5.75 Å². The quantitative estimate of drug-likeness (QED) is 0.834. The maximum Gasteiger partial charge on any atom is 0.123 e. The molecule has 1 aromatic carbocycles. The largest absolute Gasteiger partial charge is 0.496 e. The van der Waals surface area contributed by atoms with Gasteiger partial charge in [-0.3, -0.25) is 0 Å². The summed E-state index contributed by atoms with van der Waals surface area (Å²) < 4.78 is 18.3. The number of rotatable bonds is 3. The van der Waals surface area contributed by atoms with Crippen LogP contribution in [0.15, 0.2) is 18.2 Å². The topological polar surface area (TPSA) is 35.2 Å². The van der Waals surface area contributed by atoms with E-state index in [2.05, 4.69) is 0 Å². The van der Waals surface area contributed by atoms with Crippen LogP contribution >= 0.6 is 0 Å². The van der Waals surface area contributed by atoms with E-state index in [1.165, 1.54) is 12.1 Å². The van der Waals surface area contributed by atoms with Crippen molar-refractivity contribution in [1.82, 2.24) is 0 Å². The molecule has 84 valence electrons. The first-order valence-electron chi connectivity index (χ1n) is 4.98. The first kappa shape index (κ1) is 12.0. The Hall–Kier alpha value is -1.09. The monoisotopic (exact) mass is 211 g/mol. The molecule has 2 nitrogen and oxygen atoms in total. The van der Waals surface area contributed by atoms with Crippen LogP contribution in [-0.2, 0) is 0 Å². The summed E-state index contributed by atoms with van der Waals surface area (Å²) in [7, 11) is 1.58. The van der Waals surface area contributed by atoms with Crippen molar-refractivity contribution in [3.05, 3.63) is 29.6 Å². The highest BCUT2D eigenvalue weighted by atomic mass is 19.1. The highest BCUT2D eigenvalue weighted by Crippen LogP contribution is 2.32. The second-order valence-corrected chi connectivity index (χ2v) is 4.43. The molecule has 0 saturated carbocycles. The van der Waals surface area contributed by atoms with Gasteiger partial charge in [-0.25, -0.2) is 4.39 Å². The lowest BCUT2D eigenvalue weighted by atomic mass is 9.84. The Morgan fingerprint density at radius 1 is 1.40 bits per heavy atom. The standard InChI is InChI=1S/C12H18FNO/c1-8(12(2,3)14)10-7-9(13)5-6-11(10)15-4/h5-8H,14H2,1-4H3. The van der Waals surface area contributed by atoms with Crippen molar-refractivity contribution < 1.29 is 9.13 Å². The Morgan fingerprint density at radius 3 is 2.47 bits per heavy atom. The SMILES string of the molecule is COc1ccc(F)cc1C(C)C(C)(C)N. The van der Waals surface area contributed by atoms with Gasteiger partial charge in [-0.1, -0.05) is 6.92 Å². The Labute approximate surface area is 90.2 Å². The van der Waals surface area contributed by atoms with E-state index < -0.39 is 5.54 Å². The van der Waals surface area contributed by atoms with Gasteiger partial charge in [-0.2, -0.15) is 0 Å². The third kappa shape index (κ3) is 2.69. The third-order valence-corrected chi connectivity index (χ3v) is 2.77. The lowest BCUT2D eigenvalue weighted by molar-refractivity contribution is 0.381. The van der Waals surface area contributed by atoms with Crippen molar-refractivity contribution in [1.29, 1.82) is 0 Å². The fourth-order valence-corrected chi connectivity index (χ4v) is 1.44. The predicted octanol–water partition coefficient (Wildman–Crippen LogP) is 2.68. The lowest BCUT2D eigenvalue weighted by Gasteiger charge is -2.28. The fourth-order valence-electron chi connectivity index (χ4n) is 1.44. The van der Waals surface area contributed by atoms with Crippen LogP contribution in [0.3, 0.4) is 0 Å². The molecule has 0 heterocycles. The number of methoxy groups -OCH3 is 1. The van der Waals surface area contributed by atoms with Crippen molar-refractivity contribution in [2.45, 2.75) is 32.2 Å². The molecule has 1 rings (SSSR count). The molecule has 0 fully saturated rings. The van der Waals surface area contributed by atoms with E-state index >= 15 is 0 Å². The van der Waals surface area contributed by atoms with Crippen LogP contribution in [0.4, 0.5) is 4.39 Å². The number of nitrogens with two attached hydrogens (primary N) is 1. The van der Waals surface area contributed by atoms with Crippen LogP contribution in [0.5, 0.6) is 5.75 Å². The van der Waals surface area contributed by atoms with Gasteiger partial charge in [-0.05, 0) is 32.0 Å². The van der Waals surface area contributed by atoms with Crippen molar-refractivity contribution >= 4 is 0 Å². The van der Waals surface area contributed by atoms with Crippen molar-refractivity contribution in [2.75, 3.05) is 7.11 Å². The summed E-state index contributed by atoms with van der Waals surface area (Å²) in [6, 6.07) is 4.50. The van der Waals surface area contributed by atoms with E-state index in [9.17, 15) is 4.39 Å². The third-order valence-electron chi connectivity index (χ3n) is 2.77. The molecule has 0 saturated heterocycles. The highest BCUT2D eigenvalue weighted by molar-refractivity contribution is 5.38. The predicted molar refractivity (Wildman–Crippen MR) is 59.6 cm³/mol. The smallest absolute Gasteiger partial charge is 0.123 e. The second kappa shape index (κ2) is 4.19. The van der Waals surface area contributed by atoms with Gasteiger partial charge in [0.15, 0.2) is 0 Å². The molecule has 0 spiro atoms. The summed E-state index contributed by atoms with van der Waals surface area (Å²) >= 11 is 0. The summed E-state index contributed by atoms with van der Waals surface area (Å²) in [6.45, 7) is 5.81. The normalized spacial score (nSPS) is 13.7. The van der Waals surface area contributed by atoms with Gasteiger partial charge in [0.25, 0.3) is 0 Å². The number of benzene rings is 1. The van der Waals surface area contributed by atoms with Crippen molar-refractivity contribution in [3.8, 4) is 5.75 Å². The number of halogens is 1. The zero-order chi connectivity index (χ0) is 11.6. The first-order chi connectivity index (χ1) is 6.86. The number of hydrogen-bond donors (Lipinski definition) is 1. The lowest BCUT2D eigenvalue weighted by Crippen LogP contribution is -2.38. The summed E-state index contributed by atoms with van der Waals surface area (Å²) in [5.74, 6) is 0.451. The van der Waals surface area contributed by atoms with Crippen LogP contribution in [0, 0.1) is 5.82 Å². The molecule has 0 aliphatic rings. The molecule has 1 atom stereocenters. The van der Waals surface area contributed by atoms with Crippen LogP contribution in [0.2, 0.25) is 0 Å². The molecule has 0 radical (unpaired) electrons. The summed E-state index contributed by atoms with van der Waals surface area (Å²) in [5, 5.41) is 0. The van der Waals surface area contributed by atoms with Crippen molar-refractivity contribution in [2.24, 2.45) is 5.73 Å². The molecule has 2 N–H and O–H groups in total. The van der Waals surface area contributed by atoms with Crippen LogP contribution in [0.25, 0.3) is 0 Å². The summed E-state index contributed by atoms with van der Waals surface area (Å²) in [5.41, 5.74) is 6.42. The van der Waals surface area contributed by atoms with E-state index in [0.717, 1.165) is 5.56 Å². The molecule has 1 aromatic rings. The molecule has 0 aliphatic carbocycles. The van der Waals surface area contributed by atoms with Crippen molar-refractivity contribution in [3.63, 3.8) is 0 Å². The minimum atomic E-state index is -0.402. The van der Waals surface area contributed by atoms with Gasteiger partial charge in [0.2, 0.25) is 0 Å². The number of ether oxygens (including phenoxy) is 1. The van der Waals surface area contributed by atoms with E-state index in [4.69, 9.17) is 10.5 Å². The van der Waals surface area contributed by atoms with E-state index in [-0.39, 0.29) is 11.7 Å². The van der Waals surface area contributed by atoms with E-state index in [1.54, 1.807) is 13.2 Å². The highest BCUT2D eigenvalue weighted by Gasteiger charge is 2.25. The fraction of sp³-hybridized carbons (Fsp3) is 0.500. The molecule has 0 aliphatic heterocycles. The van der Waals surface area contributed by atoms with E-state index in [1.807, 2.05) is 20.8 Å². The minimum Gasteiger partial charge on any atom is -0.496 e. The van der Waals surface area contributed by atoms with Gasteiger partial charge in [0.1, 0.15) is 11.6 Å². The Morgan fingerprint density at radius 2 is 2.00 bits per heavy atom. The van der Waals surface area contributed by atoms with Gasteiger partial charge in [0, 0.05) is 17.0 Å². The molecule has 15 heavy (non-hydrogen) atoms. The Bertz CT molecular complexity index is 344. The summed E-state index contributed by atoms with van der Waals surface area (Å²) in [4.78, 5) is 0. The molecule has 0 bridgehead atoms. The average Bonchev–Trinajstić information content (AvgIpc) is 2.15.